The first-order chi connectivity index (χ1) is 16.1. The van der Waals surface area contributed by atoms with Crippen molar-refractivity contribution in [1.29, 1.82) is 0 Å². The van der Waals surface area contributed by atoms with Crippen LogP contribution < -0.4 is 10.2 Å². The number of amides is 3. The molecular formula is C26H20N4O3. The average Bonchev–Trinajstić information content (AvgIpc) is 3.39. The van der Waals surface area contributed by atoms with Crippen molar-refractivity contribution in [1.82, 2.24) is 9.78 Å². The highest BCUT2D eigenvalue weighted by Gasteiger charge is 2.36. The summed E-state index contributed by atoms with van der Waals surface area (Å²) >= 11 is 0. The number of aromatic nitrogens is 2. The first-order valence-corrected chi connectivity index (χ1v) is 10.6. The van der Waals surface area contributed by atoms with E-state index in [-0.39, 0.29) is 17.7 Å². The van der Waals surface area contributed by atoms with E-state index in [1.165, 1.54) is 0 Å². The average molecular weight is 436 g/mol. The molecule has 3 amide bonds. The van der Waals surface area contributed by atoms with Crippen LogP contribution >= 0.6 is 0 Å². The fraction of sp³-hybridized carbons (Fsp3) is 0.0769. The van der Waals surface area contributed by atoms with Crippen LogP contribution in [0.1, 0.15) is 43.7 Å². The van der Waals surface area contributed by atoms with Crippen molar-refractivity contribution in [2.24, 2.45) is 0 Å². The Balaban J connectivity index is 1.41. The van der Waals surface area contributed by atoms with E-state index in [0.717, 1.165) is 16.3 Å². The Hall–Kier alpha value is -4.52. The number of rotatable bonds is 5. The lowest BCUT2D eigenvalue weighted by molar-refractivity contribution is 0.0925. The molecule has 4 aromatic rings. The van der Waals surface area contributed by atoms with Gasteiger partial charge in [0.25, 0.3) is 17.7 Å². The van der Waals surface area contributed by atoms with E-state index < -0.39 is 0 Å². The maximum absolute atomic E-state index is 13.1. The summed E-state index contributed by atoms with van der Waals surface area (Å²) in [5.74, 6) is -1.07. The minimum atomic E-state index is -0.378. The van der Waals surface area contributed by atoms with E-state index >= 15 is 0 Å². The molecule has 0 radical (unpaired) electrons. The van der Waals surface area contributed by atoms with E-state index in [0.29, 0.717) is 34.5 Å². The monoisotopic (exact) mass is 436 g/mol. The molecule has 1 aromatic heterocycles. The van der Waals surface area contributed by atoms with Crippen molar-refractivity contribution < 1.29 is 14.4 Å². The maximum atomic E-state index is 13.1. The van der Waals surface area contributed by atoms with Crippen LogP contribution in [-0.2, 0) is 6.42 Å². The minimum Gasteiger partial charge on any atom is -0.322 e. The Morgan fingerprint density at radius 3 is 2.15 bits per heavy atom. The van der Waals surface area contributed by atoms with Crippen LogP contribution in [0.25, 0.3) is 5.69 Å². The molecule has 2 heterocycles. The van der Waals surface area contributed by atoms with Gasteiger partial charge in [0.15, 0.2) is 0 Å². The number of hydrogen-bond donors (Lipinski definition) is 1. The number of nitrogens with one attached hydrogen (secondary N) is 1. The molecule has 0 unspecified atom stereocenters. The Labute approximate surface area is 190 Å². The lowest BCUT2D eigenvalue weighted by atomic mass is 10.1. The number of hydrogen-bond acceptors (Lipinski definition) is 4. The first kappa shape index (κ1) is 20.4. The number of nitrogens with zero attached hydrogens (tertiary/aromatic N) is 3. The topological polar surface area (TPSA) is 84.3 Å². The Bertz CT molecular complexity index is 1360. The fourth-order valence-electron chi connectivity index (χ4n) is 4.04. The van der Waals surface area contributed by atoms with Gasteiger partial charge in [-0.25, -0.2) is 9.58 Å². The largest absolute Gasteiger partial charge is 0.322 e. The number of benzene rings is 3. The zero-order chi connectivity index (χ0) is 22.9. The second kappa shape index (κ2) is 8.20. The molecular weight excluding hydrogens is 416 g/mol. The quantitative estimate of drug-likeness (QED) is 0.467. The van der Waals surface area contributed by atoms with Crippen molar-refractivity contribution >= 4 is 29.1 Å². The molecule has 1 aliphatic rings. The van der Waals surface area contributed by atoms with Crippen LogP contribution in [0.4, 0.5) is 11.4 Å². The van der Waals surface area contributed by atoms with E-state index in [4.69, 9.17) is 0 Å². The van der Waals surface area contributed by atoms with E-state index in [1.807, 2.05) is 37.3 Å². The summed E-state index contributed by atoms with van der Waals surface area (Å²) in [6.45, 7) is 1.97. The molecule has 1 N–H and O–H groups in total. The van der Waals surface area contributed by atoms with Crippen molar-refractivity contribution in [3.05, 3.63) is 107 Å². The van der Waals surface area contributed by atoms with Gasteiger partial charge in [0.05, 0.1) is 40.0 Å². The molecule has 0 fully saturated rings. The highest BCUT2D eigenvalue weighted by Crippen LogP contribution is 2.30. The second-order valence-corrected chi connectivity index (χ2v) is 7.60. The van der Waals surface area contributed by atoms with Crippen LogP contribution in [0.15, 0.2) is 85.1 Å². The summed E-state index contributed by atoms with van der Waals surface area (Å²) in [4.78, 5) is 39.8. The SMILES string of the molecule is CCc1c(C(=O)Nc2cccc(N3C(=O)c4ccccc4C3=O)c2)cnn1-c1ccccc1. The molecule has 0 saturated heterocycles. The van der Waals surface area contributed by atoms with E-state index in [1.54, 1.807) is 59.4 Å². The lowest BCUT2D eigenvalue weighted by Crippen LogP contribution is -2.29. The van der Waals surface area contributed by atoms with Crippen LogP contribution in [0.3, 0.4) is 0 Å². The van der Waals surface area contributed by atoms with Crippen LogP contribution in [0.5, 0.6) is 0 Å². The Morgan fingerprint density at radius 1 is 0.848 bits per heavy atom. The van der Waals surface area contributed by atoms with E-state index in [9.17, 15) is 14.4 Å². The Kier molecular flexibility index (Phi) is 5.06. The molecule has 0 atom stereocenters. The smallest absolute Gasteiger partial charge is 0.266 e. The van der Waals surface area contributed by atoms with Crippen LogP contribution in [0, 0.1) is 0 Å². The van der Waals surface area contributed by atoms with Gasteiger partial charge < -0.3 is 5.32 Å². The molecule has 0 aliphatic carbocycles. The number of fused-ring (bicyclic) bond motifs is 1. The molecule has 33 heavy (non-hydrogen) atoms. The molecule has 5 rings (SSSR count). The lowest BCUT2D eigenvalue weighted by Gasteiger charge is -2.15. The fourth-order valence-corrected chi connectivity index (χ4v) is 4.04. The summed E-state index contributed by atoms with van der Waals surface area (Å²) in [5, 5.41) is 7.27. The van der Waals surface area contributed by atoms with Gasteiger partial charge in [-0.2, -0.15) is 5.10 Å². The molecule has 162 valence electrons. The third-order valence-corrected chi connectivity index (χ3v) is 5.61. The predicted octanol–water partition coefficient (Wildman–Crippen LogP) is 4.49. The van der Waals surface area contributed by atoms with Gasteiger partial charge in [-0.05, 0) is 48.9 Å². The van der Waals surface area contributed by atoms with Gasteiger partial charge in [0.1, 0.15) is 0 Å². The van der Waals surface area contributed by atoms with Crippen molar-refractivity contribution in [2.45, 2.75) is 13.3 Å². The maximum Gasteiger partial charge on any atom is 0.266 e. The highest BCUT2D eigenvalue weighted by molar-refractivity contribution is 6.34. The minimum absolute atomic E-state index is 0.312. The standard InChI is InChI=1S/C26H20N4O3/c1-2-23-22(16-27-30(23)18-10-4-3-5-11-18)24(31)28-17-9-8-12-19(15-17)29-25(32)20-13-6-7-14-21(20)26(29)33/h3-16H,2H2,1H3,(H,28,31). The number of carbonyl (C=O) groups excluding carboxylic acids is 3. The molecule has 7 nitrogen and oxygen atoms in total. The normalized spacial score (nSPS) is 12.7. The van der Waals surface area contributed by atoms with Crippen molar-refractivity contribution in [2.75, 3.05) is 10.2 Å². The van der Waals surface area contributed by atoms with Crippen LogP contribution in [0.2, 0.25) is 0 Å². The number of para-hydroxylation sites is 1. The van der Waals surface area contributed by atoms with Gasteiger partial charge in [0, 0.05) is 5.69 Å². The van der Waals surface area contributed by atoms with Crippen LogP contribution in [-0.4, -0.2) is 27.5 Å². The molecule has 0 bridgehead atoms. The zero-order valence-corrected chi connectivity index (χ0v) is 17.9. The summed E-state index contributed by atoms with van der Waals surface area (Å²) in [7, 11) is 0. The van der Waals surface area contributed by atoms with E-state index in [2.05, 4.69) is 10.4 Å². The van der Waals surface area contributed by atoms with Crippen molar-refractivity contribution in [3.63, 3.8) is 0 Å². The van der Waals surface area contributed by atoms with Gasteiger partial charge >= 0.3 is 0 Å². The third kappa shape index (κ3) is 3.49. The summed E-state index contributed by atoms with van der Waals surface area (Å²) in [5.41, 5.74) is 3.75. The highest BCUT2D eigenvalue weighted by atomic mass is 16.2. The number of anilines is 2. The van der Waals surface area contributed by atoms with Gasteiger partial charge in [-0.1, -0.05) is 43.3 Å². The molecule has 1 aliphatic heterocycles. The first-order valence-electron chi connectivity index (χ1n) is 10.6. The summed E-state index contributed by atoms with van der Waals surface area (Å²) in [6.07, 6.45) is 2.17. The van der Waals surface area contributed by atoms with Gasteiger partial charge in [-0.15, -0.1) is 0 Å². The molecule has 3 aromatic carbocycles. The number of carbonyl (C=O) groups is 3. The molecule has 0 saturated carbocycles. The third-order valence-electron chi connectivity index (χ3n) is 5.61. The summed E-state index contributed by atoms with van der Waals surface area (Å²) in [6, 6.07) is 23.0. The second-order valence-electron chi connectivity index (χ2n) is 7.60. The molecule has 0 spiro atoms. The number of imide groups is 1. The zero-order valence-electron chi connectivity index (χ0n) is 17.9. The van der Waals surface area contributed by atoms with Gasteiger partial charge in [0.2, 0.25) is 0 Å². The predicted molar refractivity (Wildman–Crippen MR) is 125 cm³/mol. The molecule has 7 heteroatoms. The Morgan fingerprint density at radius 2 is 1.48 bits per heavy atom. The summed E-state index contributed by atoms with van der Waals surface area (Å²) < 4.78 is 1.75. The van der Waals surface area contributed by atoms with Gasteiger partial charge in [-0.3, -0.25) is 14.4 Å². The van der Waals surface area contributed by atoms with Crippen molar-refractivity contribution in [3.8, 4) is 5.69 Å².